The van der Waals surface area contributed by atoms with E-state index in [1.165, 1.54) is 17.5 Å². The number of halogens is 4. The SMILES string of the molecule is O=C1NC[C@@H](c2ccc(-c3csc(C(F)(F)F)c3)c(F)c2)N1c1ccc2c(c1)N=CC2. The second-order valence-electron chi connectivity index (χ2n) is 7.34. The smallest absolute Gasteiger partial charge is 0.335 e. The first-order chi connectivity index (χ1) is 14.8. The van der Waals surface area contributed by atoms with Crippen LogP contribution in [0.5, 0.6) is 0 Å². The molecule has 1 saturated heterocycles. The summed E-state index contributed by atoms with van der Waals surface area (Å²) in [4.78, 5) is 17.6. The third kappa shape index (κ3) is 3.48. The molecule has 0 spiro atoms. The standard InChI is InChI=1S/C22H15F4N3OS/c23-17-7-13(2-4-16(17)14-8-20(31-11-14)22(24,25)26)19-10-28-21(30)29(19)15-3-1-12-5-6-27-18(12)9-15/h1-4,6-9,11,19H,5,10H2,(H,28,30)/t19-/m0/s1. The van der Waals surface area contributed by atoms with Crippen molar-refractivity contribution in [2.45, 2.75) is 18.6 Å². The molecule has 9 heteroatoms. The number of hydrogen-bond donors (Lipinski definition) is 1. The maximum atomic E-state index is 14.9. The van der Waals surface area contributed by atoms with E-state index in [0.29, 0.717) is 22.6 Å². The van der Waals surface area contributed by atoms with Crippen molar-refractivity contribution >= 4 is 35.0 Å². The van der Waals surface area contributed by atoms with Crippen LogP contribution in [0.2, 0.25) is 0 Å². The molecule has 31 heavy (non-hydrogen) atoms. The van der Waals surface area contributed by atoms with Gasteiger partial charge in [-0.25, -0.2) is 9.18 Å². The number of carbonyl (C=O) groups excluding carboxylic acids is 1. The molecule has 2 aliphatic rings. The highest BCUT2D eigenvalue weighted by Crippen LogP contribution is 2.39. The van der Waals surface area contributed by atoms with Gasteiger partial charge in [0, 0.05) is 30.4 Å². The molecule has 0 aliphatic carbocycles. The summed E-state index contributed by atoms with van der Waals surface area (Å²) in [7, 11) is 0. The van der Waals surface area contributed by atoms with Gasteiger partial charge in [0.1, 0.15) is 10.7 Å². The molecule has 1 aromatic heterocycles. The maximum absolute atomic E-state index is 14.9. The fourth-order valence-corrected chi connectivity index (χ4v) is 4.68. The van der Waals surface area contributed by atoms with Crippen LogP contribution in [0.3, 0.4) is 0 Å². The first-order valence-corrected chi connectivity index (χ1v) is 10.4. The lowest BCUT2D eigenvalue weighted by Crippen LogP contribution is -2.29. The van der Waals surface area contributed by atoms with Gasteiger partial charge in [0.05, 0.1) is 11.7 Å². The fourth-order valence-electron chi connectivity index (χ4n) is 3.90. The zero-order valence-electron chi connectivity index (χ0n) is 15.9. The average Bonchev–Trinajstić information content (AvgIpc) is 3.46. The monoisotopic (exact) mass is 445 g/mol. The third-order valence-corrected chi connectivity index (χ3v) is 6.41. The fraction of sp³-hybridized carbons (Fsp3) is 0.182. The number of thiophene rings is 1. The van der Waals surface area contributed by atoms with Gasteiger partial charge >= 0.3 is 12.2 Å². The number of aliphatic imine (C=N–C) groups is 1. The van der Waals surface area contributed by atoms with Crippen molar-refractivity contribution in [1.29, 1.82) is 0 Å². The normalized spacial score (nSPS) is 17.9. The maximum Gasteiger partial charge on any atom is 0.425 e. The topological polar surface area (TPSA) is 44.7 Å². The molecular weight excluding hydrogens is 430 g/mol. The summed E-state index contributed by atoms with van der Waals surface area (Å²) in [5, 5.41) is 4.06. The van der Waals surface area contributed by atoms with Crippen LogP contribution < -0.4 is 10.2 Å². The van der Waals surface area contributed by atoms with E-state index in [9.17, 15) is 22.4 Å². The molecule has 0 saturated carbocycles. The summed E-state index contributed by atoms with van der Waals surface area (Å²) in [6, 6.07) is 10.2. The van der Waals surface area contributed by atoms with E-state index in [2.05, 4.69) is 10.3 Å². The first kappa shape index (κ1) is 19.7. The van der Waals surface area contributed by atoms with Crippen molar-refractivity contribution in [3.05, 3.63) is 69.7 Å². The highest BCUT2D eigenvalue weighted by Gasteiger charge is 2.35. The number of alkyl halides is 3. The summed E-state index contributed by atoms with van der Waals surface area (Å²) in [6.07, 6.45) is -1.91. The van der Waals surface area contributed by atoms with E-state index in [1.54, 1.807) is 17.2 Å². The highest BCUT2D eigenvalue weighted by atomic mass is 32.1. The number of carbonyl (C=O) groups is 1. The van der Waals surface area contributed by atoms with Crippen LogP contribution in [0.25, 0.3) is 11.1 Å². The molecule has 0 radical (unpaired) electrons. The Labute approximate surface area is 178 Å². The minimum absolute atomic E-state index is 0.0891. The predicted molar refractivity (Wildman–Crippen MR) is 112 cm³/mol. The quantitative estimate of drug-likeness (QED) is 0.487. The lowest BCUT2D eigenvalue weighted by atomic mass is 10.0. The van der Waals surface area contributed by atoms with Crippen molar-refractivity contribution in [3.8, 4) is 11.1 Å². The van der Waals surface area contributed by atoms with Gasteiger partial charge in [-0.1, -0.05) is 18.2 Å². The number of anilines is 1. The Hall–Kier alpha value is -3.20. The Balaban J connectivity index is 1.47. The van der Waals surface area contributed by atoms with Crippen molar-refractivity contribution in [3.63, 3.8) is 0 Å². The molecule has 0 bridgehead atoms. The molecule has 3 heterocycles. The van der Waals surface area contributed by atoms with Crippen molar-refractivity contribution in [1.82, 2.24) is 5.32 Å². The number of benzene rings is 2. The van der Waals surface area contributed by atoms with Gasteiger partial charge in [0.2, 0.25) is 0 Å². The minimum Gasteiger partial charge on any atom is -0.335 e. The van der Waals surface area contributed by atoms with Gasteiger partial charge in [-0.2, -0.15) is 13.2 Å². The zero-order chi connectivity index (χ0) is 21.8. The van der Waals surface area contributed by atoms with Crippen molar-refractivity contribution in [2.75, 3.05) is 11.4 Å². The second kappa shape index (κ2) is 7.19. The second-order valence-corrected chi connectivity index (χ2v) is 8.25. The molecular formula is C22H15F4N3OS. The summed E-state index contributed by atoms with van der Waals surface area (Å²) in [5.74, 6) is -0.637. The number of rotatable bonds is 3. The molecule has 2 amide bonds. The Morgan fingerprint density at radius 2 is 1.97 bits per heavy atom. The Morgan fingerprint density at radius 3 is 2.71 bits per heavy atom. The Morgan fingerprint density at radius 1 is 1.13 bits per heavy atom. The Bertz CT molecular complexity index is 1220. The van der Waals surface area contributed by atoms with Gasteiger partial charge in [0.15, 0.2) is 0 Å². The van der Waals surface area contributed by atoms with Gasteiger partial charge in [-0.3, -0.25) is 9.89 Å². The van der Waals surface area contributed by atoms with Crippen molar-refractivity contribution in [2.24, 2.45) is 4.99 Å². The number of nitrogens with zero attached hydrogens (tertiary/aromatic N) is 2. The highest BCUT2D eigenvalue weighted by molar-refractivity contribution is 7.10. The molecule has 0 unspecified atom stereocenters. The van der Waals surface area contributed by atoms with Crippen LogP contribution in [-0.2, 0) is 12.6 Å². The molecule has 1 fully saturated rings. The summed E-state index contributed by atoms with van der Waals surface area (Å²) < 4.78 is 53.5. The van der Waals surface area contributed by atoms with Gasteiger partial charge in [0.25, 0.3) is 0 Å². The summed E-state index contributed by atoms with van der Waals surface area (Å²) in [6.45, 7) is 0.286. The largest absolute Gasteiger partial charge is 0.425 e. The number of urea groups is 1. The number of nitrogens with one attached hydrogen (secondary N) is 1. The summed E-state index contributed by atoms with van der Waals surface area (Å²) >= 11 is 0.531. The molecule has 158 valence electrons. The van der Waals surface area contributed by atoms with E-state index in [4.69, 9.17) is 0 Å². The zero-order valence-corrected chi connectivity index (χ0v) is 16.7. The van der Waals surface area contributed by atoms with Crippen molar-refractivity contribution < 1.29 is 22.4 Å². The van der Waals surface area contributed by atoms with Crippen LogP contribution in [-0.4, -0.2) is 18.8 Å². The van der Waals surface area contributed by atoms with E-state index >= 15 is 0 Å². The van der Waals surface area contributed by atoms with E-state index < -0.39 is 22.9 Å². The Kier molecular flexibility index (Phi) is 4.58. The van der Waals surface area contributed by atoms with Gasteiger partial charge in [-0.15, -0.1) is 11.3 Å². The van der Waals surface area contributed by atoms with E-state index in [-0.39, 0.29) is 23.7 Å². The molecule has 4 nitrogen and oxygen atoms in total. The average molecular weight is 445 g/mol. The predicted octanol–water partition coefficient (Wildman–Crippen LogP) is 6.10. The van der Waals surface area contributed by atoms with Crippen LogP contribution >= 0.6 is 11.3 Å². The lowest BCUT2D eigenvalue weighted by molar-refractivity contribution is -0.134. The van der Waals surface area contributed by atoms with Crippen LogP contribution in [0.15, 0.2) is 52.8 Å². The number of fused-ring (bicyclic) bond motifs is 1. The number of hydrogen-bond acceptors (Lipinski definition) is 3. The van der Waals surface area contributed by atoms with Crippen LogP contribution in [0, 0.1) is 5.82 Å². The molecule has 1 N–H and O–H groups in total. The minimum atomic E-state index is -4.46. The van der Waals surface area contributed by atoms with E-state index in [0.717, 1.165) is 23.7 Å². The molecule has 1 atom stereocenters. The first-order valence-electron chi connectivity index (χ1n) is 9.49. The van der Waals surface area contributed by atoms with E-state index in [1.807, 2.05) is 18.2 Å². The molecule has 2 aliphatic heterocycles. The van der Waals surface area contributed by atoms with Gasteiger partial charge in [-0.05, 0) is 46.3 Å². The van der Waals surface area contributed by atoms with Gasteiger partial charge < -0.3 is 5.32 Å². The lowest BCUT2D eigenvalue weighted by Gasteiger charge is -2.24. The van der Waals surface area contributed by atoms with Crippen LogP contribution in [0.1, 0.15) is 22.0 Å². The number of amides is 2. The molecule has 3 aromatic rings. The molecule has 2 aromatic carbocycles. The van der Waals surface area contributed by atoms with Crippen LogP contribution in [0.4, 0.5) is 33.7 Å². The third-order valence-electron chi connectivity index (χ3n) is 5.43. The molecule has 5 rings (SSSR count). The summed E-state index contributed by atoms with van der Waals surface area (Å²) in [5.41, 5.74) is 3.34.